The molecule has 9 heteroatoms. The van der Waals surface area contributed by atoms with E-state index in [1.54, 1.807) is 35.2 Å². The van der Waals surface area contributed by atoms with Gasteiger partial charge in [-0.3, -0.25) is 4.79 Å². The number of benzene rings is 2. The predicted molar refractivity (Wildman–Crippen MR) is 109 cm³/mol. The van der Waals surface area contributed by atoms with Gasteiger partial charge >= 0.3 is 0 Å². The summed E-state index contributed by atoms with van der Waals surface area (Å²) in [4.78, 5) is 13.9. The van der Waals surface area contributed by atoms with Crippen LogP contribution in [0.2, 0.25) is 10.0 Å². The fraction of sp³-hybridized carbons (Fsp3) is 0.316. The number of piperazine rings is 1. The molecule has 0 aliphatic carbocycles. The Bertz CT molecular complexity index is 930. The van der Waals surface area contributed by atoms with Crippen LogP contribution in [-0.4, -0.2) is 56.3 Å². The van der Waals surface area contributed by atoms with Crippen molar-refractivity contribution in [3.8, 4) is 5.75 Å². The molecule has 1 aliphatic rings. The molecule has 1 fully saturated rings. The van der Waals surface area contributed by atoms with E-state index >= 15 is 0 Å². The van der Waals surface area contributed by atoms with E-state index < -0.39 is 10.0 Å². The summed E-state index contributed by atoms with van der Waals surface area (Å²) in [6.45, 7) is 1.06. The fourth-order valence-electron chi connectivity index (χ4n) is 2.89. The lowest BCUT2D eigenvalue weighted by atomic mass is 10.2. The third kappa shape index (κ3) is 5.38. The summed E-state index contributed by atoms with van der Waals surface area (Å²) in [6, 6.07) is 13.8. The van der Waals surface area contributed by atoms with Crippen molar-refractivity contribution in [3.63, 3.8) is 0 Å². The van der Waals surface area contributed by atoms with Gasteiger partial charge in [-0.15, -0.1) is 0 Å². The lowest BCUT2D eigenvalue weighted by molar-refractivity contribution is -0.134. The quantitative estimate of drug-likeness (QED) is 0.689. The molecule has 2 aromatic carbocycles. The molecule has 1 heterocycles. The van der Waals surface area contributed by atoms with Crippen molar-refractivity contribution in [1.82, 2.24) is 9.21 Å². The first-order chi connectivity index (χ1) is 13.3. The molecule has 0 unspecified atom stereocenters. The summed E-state index contributed by atoms with van der Waals surface area (Å²) in [7, 11) is -3.41. The van der Waals surface area contributed by atoms with Gasteiger partial charge in [0.2, 0.25) is 10.0 Å². The van der Waals surface area contributed by atoms with E-state index in [4.69, 9.17) is 27.9 Å². The second-order valence-electron chi connectivity index (χ2n) is 6.39. The van der Waals surface area contributed by atoms with Gasteiger partial charge in [0.1, 0.15) is 5.75 Å². The SMILES string of the molecule is O=C(COc1ccc(Cl)c(Cl)c1)N1CCN(S(=O)(=O)Cc2ccccc2)CC1. The number of carbonyl (C=O) groups is 1. The van der Waals surface area contributed by atoms with Crippen LogP contribution in [0, 0.1) is 0 Å². The Morgan fingerprint density at radius 3 is 2.29 bits per heavy atom. The maximum absolute atomic E-state index is 12.6. The minimum Gasteiger partial charge on any atom is -0.484 e. The highest BCUT2D eigenvalue weighted by Gasteiger charge is 2.29. The molecule has 3 rings (SSSR count). The van der Waals surface area contributed by atoms with Gasteiger partial charge in [0, 0.05) is 32.2 Å². The van der Waals surface area contributed by atoms with Crippen LogP contribution in [0.3, 0.4) is 0 Å². The number of amides is 1. The Morgan fingerprint density at radius 2 is 1.64 bits per heavy atom. The van der Waals surface area contributed by atoms with Gasteiger partial charge in [-0.2, -0.15) is 4.31 Å². The minimum absolute atomic E-state index is 0.0395. The maximum Gasteiger partial charge on any atom is 0.260 e. The lowest BCUT2D eigenvalue weighted by Crippen LogP contribution is -2.51. The average Bonchev–Trinajstić information content (AvgIpc) is 2.69. The third-order valence-electron chi connectivity index (χ3n) is 4.43. The predicted octanol–water partition coefficient (Wildman–Crippen LogP) is 3.05. The molecule has 0 atom stereocenters. The number of ether oxygens (including phenoxy) is 1. The first-order valence-electron chi connectivity index (χ1n) is 8.72. The first kappa shape index (κ1) is 20.9. The van der Waals surface area contributed by atoms with E-state index in [1.807, 2.05) is 18.2 Å². The van der Waals surface area contributed by atoms with E-state index in [1.165, 1.54) is 4.31 Å². The molecule has 0 spiro atoms. The van der Waals surface area contributed by atoms with Crippen LogP contribution >= 0.6 is 23.2 Å². The molecule has 0 radical (unpaired) electrons. The van der Waals surface area contributed by atoms with Crippen molar-refractivity contribution in [2.45, 2.75) is 5.75 Å². The van der Waals surface area contributed by atoms with E-state index in [2.05, 4.69) is 0 Å². The summed E-state index contributed by atoms with van der Waals surface area (Å²) in [6.07, 6.45) is 0. The van der Waals surface area contributed by atoms with E-state index in [0.717, 1.165) is 5.56 Å². The monoisotopic (exact) mass is 442 g/mol. The van der Waals surface area contributed by atoms with Crippen molar-refractivity contribution in [1.29, 1.82) is 0 Å². The topological polar surface area (TPSA) is 66.9 Å². The zero-order valence-electron chi connectivity index (χ0n) is 15.1. The fourth-order valence-corrected chi connectivity index (χ4v) is 4.70. The van der Waals surface area contributed by atoms with Crippen molar-refractivity contribution in [2.24, 2.45) is 0 Å². The van der Waals surface area contributed by atoms with Gasteiger partial charge in [0.15, 0.2) is 6.61 Å². The van der Waals surface area contributed by atoms with Crippen LogP contribution in [0.15, 0.2) is 48.5 Å². The Morgan fingerprint density at radius 1 is 0.964 bits per heavy atom. The van der Waals surface area contributed by atoms with Gasteiger partial charge in [-0.1, -0.05) is 53.5 Å². The zero-order chi connectivity index (χ0) is 20.1. The van der Waals surface area contributed by atoms with Crippen molar-refractivity contribution >= 4 is 39.1 Å². The normalized spacial score (nSPS) is 15.4. The average molecular weight is 443 g/mol. The lowest BCUT2D eigenvalue weighted by Gasteiger charge is -2.34. The number of nitrogens with zero attached hydrogens (tertiary/aromatic N) is 2. The molecule has 0 bridgehead atoms. The maximum atomic E-state index is 12.6. The molecule has 28 heavy (non-hydrogen) atoms. The second kappa shape index (κ2) is 9.13. The second-order valence-corrected chi connectivity index (χ2v) is 9.17. The van der Waals surface area contributed by atoms with Gasteiger partial charge in [-0.25, -0.2) is 8.42 Å². The highest BCUT2D eigenvalue weighted by Crippen LogP contribution is 2.26. The van der Waals surface area contributed by atoms with Crippen LogP contribution in [0.1, 0.15) is 5.56 Å². The number of halogens is 2. The molecular weight excluding hydrogens is 423 g/mol. The Balaban J connectivity index is 1.50. The molecule has 1 amide bonds. The molecular formula is C19H20Cl2N2O4S. The van der Waals surface area contributed by atoms with Gasteiger partial charge in [0.25, 0.3) is 5.91 Å². The van der Waals surface area contributed by atoms with E-state index in [9.17, 15) is 13.2 Å². The number of carbonyl (C=O) groups excluding carboxylic acids is 1. The summed E-state index contributed by atoms with van der Waals surface area (Å²) >= 11 is 11.8. The third-order valence-corrected chi connectivity index (χ3v) is 7.02. The summed E-state index contributed by atoms with van der Waals surface area (Å²) in [5, 5.41) is 0.761. The molecule has 150 valence electrons. The zero-order valence-corrected chi connectivity index (χ0v) is 17.4. The summed E-state index contributed by atoms with van der Waals surface area (Å²) < 4.78 is 32.1. The minimum atomic E-state index is -3.41. The summed E-state index contributed by atoms with van der Waals surface area (Å²) in [5.74, 6) is 0.209. The van der Waals surface area contributed by atoms with Crippen LogP contribution in [0.4, 0.5) is 0 Å². The summed E-state index contributed by atoms with van der Waals surface area (Å²) in [5.41, 5.74) is 0.746. The Labute approximate surface area is 174 Å². The van der Waals surface area contributed by atoms with Crippen molar-refractivity contribution < 1.29 is 17.9 Å². The van der Waals surface area contributed by atoms with Gasteiger partial charge in [-0.05, 0) is 17.7 Å². The highest BCUT2D eigenvalue weighted by molar-refractivity contribution is 7.88. The first-order valence-corrected chi connectivity index (χ1v) is 11.1. The molecule has 0 N–H and O–H groups in total. The van der Waals surface area contributed by atoms with Crippen LogP contribution in [0.25, 0.3) is 0 Å². The number of hydrogen-bond donors (Lipinski definition) is 0. The molecule has 0 saturated carbocycles. The van der Waals surface area contributed by atoms with Crippen molar-refractivity contribution in [2.75, 3.05) is 32.8 Å². The highest BCUT2D eigenvalue weighted by atomic mass is 35.5. The molecule has 2 aromatic rings. The van der Waals surface area contributed by atoms with Gasteiger partial charge < -0.3 is 9.64 Å². The largest absolute Gasteiger partial charge is 0.484 e. The number of sulfonamides is 1. The molecule has 6 nitrogen and oxygen atoms in total. The molecule has 1 aliphatic heterocycles. The van der Waals surface area contributed by atoms with Crippen LogP contribution in [0.5, 0.6) is 5.75 Å². The number of rotatable bonds is 6. The van der Waals surface area contributed by atoms with Gasteiger partial charge in [0.05, 0.1) is 15.8 Å². The smallest absolute Gasteiger partial charge is 0.260 e. The molecule has 1 saturated heterocycles. The van der Waals surface area contributed by atoms with E-state index in [0.29, 0.717) is 28.9 Å². The van der Waals surface area contributed by atoms with Crippen LogP contribution in [-0.2, 0) is 20.6 Å². The van der Waals surface area contributed by atoms with Crippen LogP contribution < -0.4 is 4.74 Å². The van der Waals surface area contributed by atoms with E-state index in [-0.39, 0.29) is 31.4 Å². The molecule has 0 aromatic heterocycles. The Hall–Kier alpha value is -1.80. The standard InChI is InChI=1S/C19H20Cl2N2O4S/c20-17-7-6-16(12-18(17)21)27-13-19(24)22-8-10-23(11-9-22)28(25,26)14-15-4-2-1-3-5-15/h1-7,12H,8-11,13-14H2. The van der Waals surface area contributed by atoms with Crippen molar-refractivity contribution in [3.05, 3.63) is 64.1 Å². The Kier molecular flexibility index (Phi) is 6.82. The number of hydrogen-bond acceptors (Lipinski definition) is 4.